The molecule has 1 spiro atoms. The van der Waals surface area contributed by atoms with Crippen LogP contribution >= 0.6 is 0 Å². The summed E-state index contributed by atoms with van der Waals surface area (Å²) in [5, 5.41) is 9.98. The summed E-state index contributed by atoms with van der Waals surface area (Å²) in [6, 6.07) is 113. The first-order valence-corrected chi connectivity index (χ1v) is 28.9. The lowest BCUT2D eigenvalue weighted by atomic mass is 9.70. The van der Waals surface area contributed by atoms with Crippen LogP contribution in [0.4, 0.5) is 0 Å². The van der Waals surface area contributed by atoms with Crippen molar-refractivity contribution < 1.29 is 0 Å². The van der Waals surface area contributed by atoms with E-state index < -0.39 is 5.41 Å². The molecule has 2 heteroatoms. The summed E-state index contributed by atoms with van der Waals surface area (Å²) in [6.07, 6.45) is 0. The van der Waals surface area contributed by atoms with Crippen molar-refractivity contribution in [2.75, 3.05) is 0 Å². The maximum absolute atomic E-state index is 2.51. The second-order valence-electron chi connectivity index (χ2n) is 22.6. The largest absolute Gasteiger partial charge is 0.309 e. The molecule has 0 N–H and O–H groups in total. The lowest BCUT2D eigenvalue weighted by Crippen LogP contribution is -2.25. The van der Waals surface area contributed by atoms with Crippen LogP contribution in [0.15, 0.2) is 303 Å². The van der Waals surface area contributed by atoms with Crippen LogP contribution in [-0.4, -0.2) is 9.13 Å². The second kappa shape index (κ2) is 17.6. The summed E-state index contributed by atoms with van der Waals surface area (Å²) >= 11 is 0. The fourth-order valence-corrected chi connectivity index (χ4v) is 15.1. The van der Waals surface area contributed by atoms with Gasteiger partial charge in [-0.2, -0.15) is 0 Å². The maximum atomic E-state index is 2.51. The average Bonchev–Trinajstić information content (AvgIpc) is 2.92. The normalized spacial score (nSPS) is 12.9. The Hall–Kier alpha value is -10.8. The summed E-state index contributed by atoms with van der Waals surface area (Å²) in [7, 11) is 0. The van der Waals surface area contributed by atoms with Crippen molar-refractivity contribution in [3.63, 3.8) is 0 Å². The summed E-state index contributed by atoms with van der Waals surface area (Å²) in [6.45, 7) is 0. The van der Waals surface area contributed by atoms with Crippen LogP contribution in [0.1, 0.15) is 22.3 Å². The Morgan fingerprint density at radius 1 is 0.193 bits per heavy atom. The molecule has 0 bridgehead atoms. The smallest absolute Gasteiger partial charge is 0.0725 e. The molecule has 16 aromatic rings. The van der Waals surface area contributed by atoms with Gasteiger partial charge in [-0.3, -0.25) is 0 Å². The summed E-state index contributed by atoms with van der Waals surface area (Å²) in [5.74, 6) is 0. The van der Waals surface area contributed by atoms with Crippen LogP contribution in [0, 0.1) is 0 Å². The first-order valence-electron chi connectivity index (χ1n) is 28.9. The molecule has 384 valence electrons. The third-order valence-corrected chi connectivity index (χ3v) is 18.5. The van der Waals surface area contributed by atoms with Crippen molar-refractivity contribution in [2.45, 2.75) is 5.41 Å². The van der Waals surface area contributed by atoms with E-state index in [9.17, 15) is 0 Å². The van der Waals surface area contributed by atoms with Gasteiger partial charge in [0.05, 0.1) is 27.5 Å². The SMILES string of the molecule is c1ccc(-c2c3ccccc3c(-c3ccc(-n4c5ccc(-c6ccc(-n7c8ccccc8c8ccccc87)cc6)cc5c5cc(-c6ccc7c(c6)C6(c8ccccc8-c8ccccc86)c6ccccc6-7)ccc54)cc3)c3ccccc23)cc1. The predicted molar refractivity (Wildman–Crippen MR) is 348 cm³/mol. The van der Waals surface area contributed by atoms with Crippen LogP contribution in [0.25, 0.3) is 143 Å². The molecule has 18 rings (SSSR count). The van der Waals surface area contributed by atoms with Gasteiger partial charge < -0.3 is 9.13 Å². The van der Waals surface area contributed by atoms with E-state index in [1.165, 1.54) is 154 Å². The third-order valence-electron chi connectivity index (χ3n) is 18.5. The molecule has 2 aliphatic carbocycles. The third kappa shape index (κ3) is 6.49. The monoisotopic (exact) mass is 1050 g/mol. The molecule has 0 atom stereocenters. The number of aromatic nitrogens is 2. The Kier molecular flexibility index (Phi) is 9.75. The number of hydrogen-bond acceptors (Lipinski definition) is 0. The summed E-state index contributed by atoms with van der Waals surface area (Å²) < 4.78 is 4.87. The Morgan fingerprint density at radius 3 is 1.00 bits per heavy atom. The van der Waals surface area contributed by atoms with E-state index in [1.54, 1.807) is 0 Å². The molecule has 0 aliphatic heterocycles. The molecular formula is C81H50N2. The fourth-order valence-electron chi connectivity index (χ4n) is 15.1. The first kappa shape index (κ1) is 46.0. The van der Waals surface area contributed by atoms with Gasteiger partial charge in [-0.1, -0.05) is 237 Å². The highest BCUT2D eigenvalue weighted by atomic mass is 15.0. The fraction of sp³-hybridized carbons (Fsp3) is 0.0123. The second-order valence-corrected chi connectivity index (χ2v) is 22.6. The van der Waals surface area contributed by atoms with Crippen molar-refractivity contribution in [1.82, 2.24) is 9.13 Å². The topological polar surface area (TPSA) is 9.86 Å². The first-order chi connectivity index (χ1) is 41.2. The number of benzene rings is 14. The molecular weight excluding hydrogens is 1000 g/mol. The number of nitrogens with zero attached hydrogens (tertiary/aromatic N) is 2. The van der Waals surface area contributed by atoms with Gasteiger partial charge in [-0.25, -0.2) is 0 Å². The Bertz CT molecular complexity index is 5190. The molecule has 0 fully saturated rings. The van der Waals surface area contributed by atoms with E-state index in [4.69, 9.17) is 0 Å². The van der Waals surface area contributed by atoms with Crippen LogP contribution in [-0.2, 0) is 5.41 Å². The van der Waals surface area contributed by atoms with Gasteiger partial charge in [0.1, 0.15) is 0 Å². The molecule has 2 aliphatic rings. The van der Waals surface area contributed by atoms with E-state index in [1.807, 2.05) is 0 Å². The van der Waals surface area contributed by atoms with Gasteiger partial charge in [0, 0.05) is 32.9 Å². The van der Waals surface area contributed by atoms with Crippen molar-refractivity contribution in [1.29, 1.82) is 0 Å². The minimum absolute atomic E-state index is 0.421. The lowest BCUT2D eigenvalue weighted by Gasteiger charge is -2.30. The number of para-hydroxylation sites is 2. The Balaban J connectivity index is 0.812. The Morgan fingerprint density at radius 2 is 0.518 bits per heavy atom. The molecule has 83 heavy (non-hydrogen) atoms. The molecule has 0 saturated carbocycles. The van der Waals surface area contributed by atoms with E-state index in [0.717, 1.165) is 11.4 Å². The summed E-state index contributed by atoms with van der Waals surface area (Å²) in [5.41, 5.74) is 27.0. The Labute approximate surface area is 480 Å². The van der Waals surface area contributed by atoms with E-state index >= 15 is 0 Å². The standard InChI is InChI=1S/C81H50N2/c1-2-18-52(19-3-1)79-65-25-4-6-27-67(65)80(68-28-7-5-26-66(68)79)53-36-43-58(44-37-53)83-77-46-39-54(51-34-41-57(42-35-51)82-75-32-16-11-23-63(75)64-24-12-17-33-76(64)82)48-69(77)70-49-55(40-47-78(70)83)56-38-45-62-61-22-10-15-31-73(61)81(74(62)50-56)71-29-13-8-20-59(71)60-21-9-14-30-72(60)81/h1-50H. The minimum Gasteiger partial charge on any atom is -0.309 e. The van der Waals surface area contributed by atoms with Gasteiger partial charge in [0.25, 0.3) is 0 Å². The number of rotatable bonds is 6. The van der Waals surface area contributed by atoms with Crippen molar-refractivity contribution in [2.24, 2.45) is 0 Å². The van der Waals surface area contributed by atoms with Crippen molar-refractivity contribution >= 4 is 65.2 Å². The van der Waals surface area contributed by atoms with Crippen molar-refractivity contribution in [3.8, 4) is 78.1 Å². The van der Waals surface area contributed by atoms with Crippen LogP contribution < -0.4 is 0 Å². The molecule has 0 saturated heterocycles. The van der Waals surface area contributed by atoms with Crippen LogP contribution in [0.5, 0.6) is 0 Å². The molecule has 0 unspecified atom stereocenters. The van der Waals surface area contributed by atoms with Gasteiger partial charge in [0.2, 0.25) is 0 Å². The minimum atomic E-state index is -0.421. The van der Waals surface area contributed by atoms with Crippen LogP contribution in [0.2, 0.25) is 0 Å². The molecule has 14 aromatic carbocycles. The lowest BCUT2D eigenvalue weighted by molar-refractivity contribution is 0.794. The molecule has 2 aromatic heterocycles. The zero-order chi connectivity index (χ0) is 54.3. The molecule has 2 heterocycles. The highest BCUT2D eigenvalue weighted by Gasteiger charge is 2.51. The highest BCUT2D eigenvalue weighted by Crippen LogP contribution is 2.63. The van der Waals surface area contributed by atoms with Gasteiger partial charge in [0.15, 0.2) is 0 Å². The molecule has 0 amide bonds. The van der Waals surface area contributed by atoms with Crippen LogP contribution in [0.3, 0.4) is 0 Å². The van der Waals surface area contributed by atoms with E-state index in [2.05, 4.69) is 312 Å². The predicted octanol–water partition coefficient (Wildman–Crippen LogP) is 21.2. The quantitative estimate of drug-likeness (QED) is 0.147. The van der Waals surface area contributed by atoms with Crippen molar-refractivity contribution in [3.05, 3.63) is 326 Å². The molecule has 0 radical (unpaired) electrons. The number of hydrogen-bond donors (Lipinski definition) is 0. The van der Waals surface area contributed by atoms with Gasteiger partial charge in [-0.05, 0) is 177 Å². The van der Waals surface area contributed by atoms with Gasteiger partial charge >= 0.3 is 0 Å². The van der Waals surface area contributed by atoms with E-state index in [-0.39, 0.29) is 0 Å². The van der Waals surface area contributed by atoms with E-state index in [0.29, 0.717) is 0 Å². The average molecular weight is 1050 g/mol. The maximum Gasteiger partial charge on any atom is 0.0725 e. The summed E-state index contributed by atoms with van der Waals surface area (Å²) in [4.78, 5) is 0. The number of fused-ring (bicyclic) bond motifs is 18. The zero-order valence-electron chi connectivity index (χ0n) is 45.3. The highest BCUT2D eigenvalue weighted by molar-refractivity contribution is 6.21. The molecule has 2 nitrogen and oxygen atoms in total. The van der Waals surface area contributed by atoms with Gasteiger partial charge in [-0.15, -0.1) is 0 Å². The zero-order valence-corrected chi connectivity index (χ0v) is 45.3.